The number of benzene rings is 1. The van der Waals surface area contributed by atoms with Crippen molar-refractivity contribution in [2.75, 3.05) is 36.8 Å². The van der Waals surface area contributed by atoms with E-state index < -0.39 is 58.7 Å². The van der Waals surface area contributed by atoms with Gasteiger partial charge < -0.3 is 20.6 Å². The van der Waals surface area contributed by atoms with Crippen molar-refractivity contribution in [3.05, 3.63) is 75.7 Å². The quantitative estimate of drug-likeness (QED) is 0.121. The van der Waals surface area contributed by atoms with Crippen LogP contribution in [0.1, 0.15) is 125 Å². The minimum absolute atomic E-state index is 0.0690. The van der Waals surface area contributed by atoms with Crippen molar-refractivity contribution in [3.8, 4) is 0 Å². The first-order valence-corrected chi connectivity index (χ1v) is 21.6. The number of carbonyl (C=O) groups is 5. The number of halogens is 3. The van der Waals surface area contributed by atoms with Gasteiger partial charge in [-0.25, -0.2) is 15.0 Å². The lowest BCUT2D eigenvalue weighted by atomic mass is 9.81. The zero-order chi connectivity index (χ0) is 43.2. The number of anilines is 2. The van der Waals surface area contributed by atoms with Crippen LogP contribution in [0.5, 0.6) is 0 Å². The first-order chi connectivity index (χ1) is 29.0. The summed E-state index contributed by atoms with van der Waals surface area (Å²) in [7, 11) is 0. The van der Waals surface area contributed by atoms with Gasteiger partial charge in [0.2, 0.25) is 11.8 Å². The predicted molar refractivity (Wildman–Crippen MR) is 220 cm³/mol. The maximum atomic E-state index is 13.4. The van der Waals surface area contributed by atoms with Crippen LogP contribution < -0.4 is 16.0 Å². The third kappa shape index (κ3) is 9.02. The zero-order valence-electron chi connectivity index (χ0n) is 33.8. The molecule has 0 spiro atoms. The lowest BCUT2D eigenvalue weighted by Gasteiger charge is -2.36. The van der Waals surface area contributed by atoms with Gasteiger partial charge in [-0.2, -0.15) is 13.2 Å². The highest BCUT2D eigenvalue weighted by molar-refractivity contribution is 7.18. The smallest absolute Gasteiger partial charge is 0.384 e. The molecule has 4 aliphatic rings. The predicted octanol–water partition coefficient (Wildman–Crippen LogP) is 6.47. The maximum absolute atomic E-state index is 13.4. The number of likely N-dealkylation sites (tertiary alicyclic amines) is 1. The van der Waals surface area contributed by atoms with Crippen LogP contribution in [0, 0.1) is 11.8 Å². The first-order valence-electron chi connectivity index (χ1n) is 20.7. The fourth-order valence-corrected chi connectivity index (χ4v) is 10.1. The highest BCUT2D eigenvalue weighted by Crippen LogP contribution is 2.41. The minimum Gasteiger partial charge on any atom is -0.384 e. The van der Waals surface area contributed by atoms with Crippen LogP contribution in [0.15, 0.2) is 42.5 Å². The van der Waals surface area contributed by atoms with E-state index in [4.69, 9.17) is 4.98 Å². The number of hydrogen-bond donors (Lipinski definition) is 4. The van der Waals surface area contributed by atoms with Gasteiger partial charge >= 0.3 is 6.18 Å². The molecule has 1 unspecified atom stereocenters. The molecule has 1 saturated carbocycles. The number of nitrogens with one attached hydrogen (secondary N) is 3. The molecule has 61 heavy (non-hydrogen) atoms. The molecular formula is C43H47F3N8O6S. The molecule has 3 aliphatic heterocycles. The van der Waals surface area contributed by atoms with E-state index in [2.05, 4.69) is 30.8 Å². The Labute approximate surface area is 353 Å². The van der Waals surface area contributed by atoms with Crippen molar-refractivity contribution in [1.82, 2.24) is 30.1 Å². The van der Waals surface area contributed by atoms with Gasteiger partial charge in [-0.1, -0.05) is 12.1 Å². The Balaban J connectivity index is 0.811. The van der Waals surface area contributed by atoms with E-state index in [1.54, 1.807) is 24.3 Å². The standard InChI is InChI=1S/C43H47F3N8O6S/c1-42(2,60)35-29(49-37(56)28-7-4-8-32(48-28)43(44,45)46)21-31-36(51-35)52-39(61-31)25-11-9-24(10-12-25)22-53-19-16-23(17-20-53)15-18-47-27-6-3-5-26-34(27)41(59)54(40(26)58)30-13-14-33(55)50-38(30)57/h3-8,21,23-25,30,47,60H,9-20,22H2,1-2H3,(H,49,56)(H,50,55,57). The second-order valence-electron chi connectivity index (χ2n) is 17.0. The number of pyridine rings is 2. The number of carbonyl (C=O) groups excluding carboxylic acids is 5. The zero-order valence-corrected chi connectivity index (χ0v) is 34.6. The van der Waals surface area contributed by atoms with Crippen LogP contribution in [0.3, 0.4) is 0 Å². The summed E-state index contributed by atoms with van der Waals surface area (Å²) in [6.07, 6.45) is 2.57. The fourth-order valence-electron chi connectivity index (χ4n) is 9.01. The molecule has 5 amide bonds. The number of alkyl halides is 3. The third-order valence-electron chi connectivity index (χ3n) is 12.3. The largest absolute Gasteiger partial charge is 0.433 e. The normalized spacial score (nSPS) is 21.8. The van der Waals surface area contributed by atoms with Crippen LogP contribution in [-0.4, -0.2) is 91.6 Å². The topological polar surface area (TPSA) is 187 Å². The molecule has 3 aromatic heterocycles. The maximum Gasteiger partial charge on any atom is 0.433 e. The number of thiazole rings is 1. The van der Waals surface area contributed by atoms with Gasteiger partial charge in [-0.3, -0.25) is 34.2 Å². The van der Waals surface area contributed by atoms with Crippen molar-refractivity contribution in [2.24, 2.45) is 11.8 Å². The van der Waals surface area contributed by atoms with E-state index in [9.17, 15) is 42.3 Å². The van der Waals surface area contributed by atoms with Gasteiger partial charge in [-0.05, 0) is 120 Å². The molecule has 0 radical (unpaired) electrons. The molecule has 3 fully saturated rings. The fraction of sp³-hybridized carbons (Fsp3) is 0.488. The second-order valence-corrected chi connectivity index (χ2v) is 18.1. The number of rotatable bonds is 11. The summed E-state index contributed by atoms with van der Waals surface area (Å²) in [5, 5.41) is 20.1. The Bertz CT molecular complexity index is 2380. The molecule has 322 valence electrons. The summed E-state index contributed by atoms with van der Waals surface area (Å²) in [4.78, 5) is 80.3. The third-order valence-corrected chi connectivity index (χ3v) is 13.4. The molecule has 0 bridgehead atoms. The van der Waals surface area contributed by atoms with E-state index in [-0.39, 0.29) is 41.3 Å². The van der Waals surface area contributed by atoms with E-state index >= 15 is 0 Å². The number of amides is 5. The Kier molecular flexibility index (Phi) is 11.7. The molecule has 8 rings (SSSR count). The van der Waals surface area contributed by atoms with E-state index in [0.717, 1.165) is 86.6 Å². The van der Waals surface area contributed by atoms with Crippen LogP contribution in [0.4, 0.5) is 24.5 Å². The van der Waals surface area contributed by atoms with Crippen molar-refractivity contribution < 1.29 is 42.3 Å². The Morgan fingerprint density at radius 3 is 2.34 bits per heavy atom. The number of piperidine rings is 2. The van der Waals surface area contributed by atoms with E-state index in [0.29, 0.717) is 34.4 Å². The minimum atomic E-state index is -4.71. The van der Waals surface area contributed by atoms with Crippen LogP contribution in [0.25, 0.3) is 10.3 Å². The molecule has 4 aromatic rings. The summed E-state index contributed by atoms with van der Waals surface area (Å²) >= 11 is 1.48. The SMILES string of the molecule is CC(C)(O)c1nc2nc(C3CCC(CN4CCC(CCNc5cccc6c5C(=O)N(C5CCC(=O)NC5=O)C6=O)CC4)CC3)sc2cc1NC(=O)c1cccc(C(F)(F)F)n1. The molecule has 6 heterocycles. The summed E-state index contributed by atoms with van der Waals surface area (Å²) in [6.45, 7) is 6.72. The summed E-state index contributed by atoms with van der Waals surface area (Å²) in [5.74, 6) is -1.61. The average molecular weight is 861 g/mol. The van der Waals surface area contributed by atoms with Gasteiger partial charge in [0.15, 0.2) is 5.65 Å². The van der Waals surface area contributed by atoms with Gasteiger partial charge in [0.05, 0.1) is 32.2 Å². The number of aliphatic hydroxyl groups is 1. The average Bonchev–Trinajstić information content (AvgIpc) is 3.75. The highest BCUT2D eigenvalue weighted by Gasteiger charge is 2.45. The molecule has 1 aliphatic carbocycles. The molecule has 4 N–H and O–H groups in total. The molecule has 2 saturated heterocycles. The summed E-state index contributed by atoms with van der Waals surface area (Å²) in [6, 6.07) is 8.88. The van der Waals surface area contributed by atoms with Crippen LogP contribution >= 0.6 is 11.3 Å². The number of aromatic nitrogens is 3. The molecule has 14 nitrogen and oxygen atoms in total. The summed E-state index contributed by atoms with van der Waals surface area (Å²) < 4.78 is 40.4. The highest BCUT2D eigenvalue weighted by atomic mass is 32.1. The van der Waals surface area contributed by atoms with E-state index in [1.807, 2.05) is 0 Å². The van der Waals surface area contributed by atoms with Crippen molar-refractivity contribution in [1.29, 1.82) is 0 Å². The summed E-state index contributed by atoms with van der Waals surface area (Å²) in [5.41, 5.74) is -1.20. The van der Waals surface area contributed by atoms with Crippen molar-refractivity contribution >= 4 is 62.6 Å². The molecular weight excluding hydrogens is 814 g/mol. The molecule has 18 heteroatoms. The van der Waals surface area contributed by atoms with Gasteiger partial charge in [0, 0.05) is 31.1 Å². The molecule has 1 atom stereocenters. The van der Waals surface area contributed by atoms with Crippen molar-refractivity contribution in [2.45, 2.75) is 95.4 Å². The lowest BCUT2D eigenvalue weighted by Crippen LogP contribution is -2.54. The van der Waals surface area contributed by atoms with E-state index in [1.165, 1.54) is 31.3 Å². The van der Waals surface area contributed by atoms with Crippen molar-refractivity contribution in [3.63, 3.8) is 0 Å². The Morgan fingerprint density at radius 2 is 1.64 bits per heavy atom. The second kappa shape index (κ2) is 16.9. The number of hydrogen-bond acceptors (Lipinski definition) is 12. The van der Waals surface area contributed by atoms with Crippen LogP contribution in [-0.2, 0) is 21.4 Å². The van der Waals surface area contributed by atoms with Crippen LogP contribution in [0.2, 0.25) is 0 Å². The Morgan fingerprint density at radius 1 is 0.902 bits per heavy atom. The number of fused-ring (bicyclic) bond motifs is 2. The number of imide groups is 2. The lowest BCUT2D eigenvalue weighted by molar-refractivity contribution is -0.141. The number of nitrogens with zero attached hydrogens (tertiary/aromatic N) is 5. The first kappa shape index (κ1) is 42.4. The van der Waals surface area contributed by atoms with Gasteiger partial charge in [0.1, 0.15) is 23.0 Å². The Hall–Kier alpha value is -5.33. The van der Waals surface area contributed by atoms with Gasteiger partial charge in [0.25, 0.3) is 17.7 Å². The molecule has 1 aromatic carbocycles. The monoisotopic (exact) mass is 860 g/mol. The van der Waals surface area contributed by atoms with Gasteiger partial charge in [-0.15, -0.1) is 11.3 Å².